The molecule has 2 aromatic carbocycles. The Morgan fingerprint density at radius 1 is 0.970 bits per heavy atom. The Morgan fingerprint density at radius 3 is 2.21 bits per heavy atom. The number of unbranched alkanes of at least 4 members (excludes halogenated alkanes) is 1. The lowest BCUT2D eigenvalue weighted by atomic mass is 10.1. The first-order valence-electron chi connectivity index (χ1n) is 11.2. The maximum absolute atomic E-state index is 13.1. The lowest BCUT2D eigenvalue weighted by Gasteiger charge is -2.34. The number of halogens is 1. The third kappa shape index (κ3) is 6.26. The molecule has 0 atom stereocenters. The molecular formula is C24H30ClN3O4S. The van der Waals surface area contributed by atoms with Crippen LogP contribution in [0, 0.1) is 0 Å². The van der Waals surface area contributed by atoms with E-state index in [2.05, 4.69) is 11.6 Å². The van der Waals surface area contributed by atoms with E-state index < -0.39 is 10.0 Å². The number of aryl methyl sites for hydroxylation is 1. The SMILES string of the molecule is CCCCc1ccc(NS(=O)(=O)c2ccc(Cl)c(C(=O)N3CCN(C(=O)CC)CC3)c2)cc1. The molecule has 1 heterocycles. The van der Waals surface area contributed by atoms with Crippen LogP contribution in [0.15, 0.2) is 47.4 Å². The van der Waals surface area contributed by atoms with Gasteiger partial charge in [0, 0.05) is 38.3 Å². The lowest BCUT2D eigenvalue weighted by Crippen LogP contribution is -2.50. The van der Waals surface area contributed by atoms with Crippen LogP contribution < -0.4 is 4.72 Å². The van der Waals surface area contributed by atoms with Gasteiger partial charge in [-0.1, -0.05) is 44.0 Å². The lowest BCUT2D eigenvalue weighted by molar-refractivity contribution is -0.132. The number of amides is 2. The second kappa shape index (κ2) is 11.0. The van der Waals surface area contributed by atoms with Gasteiger partial charge in [-0.05, 0) is 48.7 Å². The van der Waals surface area contributed by atoms with Crippen LogP contribution in [0.1, 0.15) is 49.0 Å². The highest BCUT2D eigenvalue weighted by atomic mass is 35.5. The van der Waals surface area contributed by atoms with Crippen molar-refractivity contribution < 1.29 is 18.0 Å². The standard InChI is InChI=1S/C24H30ClN3O4S/c1-3-5-6-18-7-9-19(10-8-18)26-33(31,32)20-11-12-22(25)21(17-20)24(30)28-15-13-27(14-16-28)23(29)4-2/h7-12,17,26H,3-6,13-16H2,1-2H3. The summed E-state index contributed by atoms with van der Waals surface area (Å²) in [7, 11) is -3.90. The van der Waals surface area contributed by atoms with Gasteiger partial charge in [-0.3, -0.25) is 14.3 Å². The first-order chi connectivity index (χ1) is 15.7. The van der Waals surface area contributed by atoms with E-state index in [-0.39, 0.29) is 27.3 Å². The highest BCUT2D eigenvalue weighted by Gasteiger charge is 2.26. The zero-order valence-electron chi connectivity index (χ0n) is 19.0. The second-order valence-electron chi connectivity index (χ2n) is 8.07. The van der Waals surface area contributed by atoms with E-state index in [1.807, 2.05) is 12.1 Å². The number of hydrogen-bond acceptors (Lipinski definition) is 4. The van der Waals surface area contributed by atoms with E-state index in [1.165, 1.54) is 18.2 Å². The summed E-state index contributed by atoms with van der Waals surface area (Å²) in [6, 6.07) is 11.4. The highest BCUT2D eigenvalue weighted by Crippen LogP contribution is 2.25. The van der Waals surface area contributed by atoms with Crippen molar-refractivity contribution in [3.63, 3.8) is 0 Å². The molecule has 2 aromatic rings. The van der Waals surface area contributed by atoms with Crippen LogP contribution in [0.25, 0.3) is 0 Å². The van der Waals surface area contributed by atoms with Crippen molar-refractivity contribution in [1.82, 2.24) is 9.80 Å². The molecule has 7 nitrogen and oxygen atoms in total. The Kier molecular flexibility index (Phi) is 8.37. The van der Waals surface area contributed by atoms with Gasteiger partial charge in [0.25, 0.3) is 15.9 Å². The van der Waals surface area contributed by atoms with Crippen molar-refractivity contribution in [2.45, 2.75) is 44.4 Å². The highest BCUT2D eigenvalue weighted by molar-refractivity contribution is 7.92. The topological polar surface area (TPSA) is 86.8 Å². The van der Waals surface area contributed by atoms with Crippen LogP contribution in [0.3, 0.4) is 0 Å². The molecule has 0 unspecified atom stereocenters. The molecule has 178 valence electrons. The fraction of sp³-hybridized carbons (Fsp3) is 0.417. The smallest absolute Gasteiger partial charge is 0.261 e. The summed E-state index contributed by atoms with van der Waals surface area (Å²) in [5.74, 6) is -0.293. The van der Waals surface area contributed by atoms with Crippen molar-refractivity contribution in [1.29, 1.82) is 0 Å². The number of hydrogen-bond donors (Lipinski definition) is 1. The average molecular weight is 492 g/mol. The van der Waals surface area contributed by atoms with Crippen LogP contribution in [-0.2, 0) is 21.2 Å². The minimum atomic E-state index is -3.90. The van der Waals surface area contributed by atoms with Gasteiger partial charge < -0.3 is 9.80 Å². The number of nitrogens with one attached hydrogen (secondary N) is 1. The summed E-state index contributed by atoms with van der Waals surface area (Å²) in [5, 5.41) is 0.186. The van der Waals surface area contributed by atoms with Crippen LogP contribution >= 0.6 is 11.6 Å². The van der Waals surface area contributed by atoms with Crippen LogP contribution in [0.5, 0.6) is 0 Å². The molecule has 0 aliphatic carbocycles. The number of benzene rings is 2. The molecule has 1 aliphatic heterocycles. The summed E-state index contributed by atoms with van der Waals surface area (Å²) >= 11 is 6.25. The number of nitrogens with zero attached hydrogens (tertiary/aromatic N) is 2. The minimum absolute atomic E-state index is 0.0369. The number of rotatable bonds is 8. The number of anilines is 1. The summed E-state index contributed by atoms with van der Waals surface area (Å²) in [4.78, 5) is 28.2. The Morgan fingerprint density at radius 2 is 1.61 bits per heavy atom. The van der Waals surface area contributed by atoms with Crippen molar-refractivity contribution >= 4 is 39.1 Å². The van der Waals surface area contributed by atoms with Gasteiger partial charge in [0.1, 0.15) is 0 Å². The fourth-order valence-corrected chi connectivity index (χ4v) is 5.01. The van der Waals surface area contributed by atoms with Crippen molar-refractivity contribution in [2.24, 2.45) is 0 Å². The molecule has 2 amide bonds. The van der Waals surface area contributed by atoms with Gasteiger partial charge in [-0.15, -0.1) is 0 Å². The van der Waals surface area contributed by atoms with E-state index in [4.69, 9.17) is 11.6 Å². The molecule has 33 heavy (non-hydrogen) atoms. The number of sulfonamides is 1. The minimum Gasteiger partial charge on any atom is -0.339 e. The van der Waals surface area contributed by atoms with Crippen LogP contribution in [0.2, 0.25) is 5.02 Å². The van der Waals surface area contributed by atoms with Gasteiger partial charge in [0.05, 0.1) is 15.5 Å². The Hall–Kier alpha value is -2.58. The van der Waals surface area contributed by atoms with E-state index >= 15 is 0 Å². The molecule has 0 saturated carbocycles. The Balaban J connectivity index is 1.73. The van der Waals surface area contributed by atoms with Crippen LogP contribution in [0.4, 0.5) is 5.69 Å². The molecule has 1 aliphatic rings. The fourth-order valence-electron chi connectivity index (χ4n) is 3.72. The summed E-state index contributed by atoms with van der Waals surface area (Å²) in [6.45, 7) is 5.58. The summed E-state index contributed by atoms with van der Waals surface area (Å²) < 4.78 is 28.5. The largest absolute Gasteiger partial charge is 0.339 e. The first kappa shape index (κ1) is 25.1. The normalized spacial score (nSPS) is 14.3. The zero-order chi connectivity index (χ0) is 24.0. The third-order valence-corrected chi connectivity index (χ3v) is 7.43. The molecule has 0 aromatic heterocycles. The average Bonchev–Trinajstić information content (AvgIpc) is 2.82. The predicted molar refractivity (Wildman–Crippen MR) is 130 cm³/mol. The zero-order valence-corrected chi connectivity index (χ0v) is 20.6. The molecule has 0 spiro atoms. The van der Waals surface area contributed by atoms with E-state index in [0.717, 1.165) is 24.8 Å². The first-order valence-corrected chi connectivity index (χ1v) is 13.1. The van der Waals surface area contributed by atoms with Gasteiger partial charge in [-0.25, -0.2) is 8.42 Å². The van der Waals surface area contributed by atoms with Crippen LogP contribution in [-0.4, -0.2) is 56.2 Å². The third-order valence-electron chi connectivity index (χ3n) is 5.73. The molecule has 1 fully saturated rings. The quantitative estimate of drug-likeness (QED) is 0.600. The molecule has 3 rings (SSSR count). The van der Waals surface area contributed by atoms with Gasteiger partial charge in [0.15, 0.2) is 0 Å². The maximum atomic E-state index is 13.1. The van der Waals surface area contributed by atoms with E-state index in [9.17, 15) is 18.0 Å². The summed E-state index contributed by atoms with van der Waals surface area (Å²) in [6.07, 6.45) is 3.55. The molecule has 0 bridgehead atoms. The van der Waals surface area contributed by atoms with Crippen molar-refractivity contribution in [3.05, 3.63) is 58.6 Å². The van der Waals surface area contributed by atoms with Crippen molar-refractivity contribution in [3.8, 4) is 0 Å². The van der Waals surface area contributed by atoms with Crippen molar-refractivity contribution in [2.75, 3.05) is 30.9 Å². The van der Waals surface area contributed by atoms with E-state index in [1.54, 1.807) is 28.9 Å². The Bertz CT molecular complexity index is 1100. The second-order valence-corrected chi connectivity index (χ2v) is 10.2. The summed E-state index contributed by atoms with van der Waals surface area (Å²) in [5.41, 5.74) is 1.74. The van der Waals surface area contributed by atoms with Gasteiger partial charge >= 0.3 is 0 Å². The molecular weight excluding hydrogens is 462 g/mol. The molecule has 1 N–H and O–H groups in total. The number of carbonyl (C=O) groups is 2. The molecule has 1 saturated heterocycles. The molecule has 9 heteroatoms. The molecule has 0 radical (unpaired) electrons. The monoisotopic (exact) mass is 491 g/mol. The van der Waals surface area contributed by atoms with Gasteiger partial charge in [-0.2, -0.15) is 0 Å². The van der Waals surface area contributed by atoms with E-state index in [0.29, 0.717) is 38.3 Å². The maximum Gasteiger partial charge on any atom is 0.261 e. The van der Waals surface area contributed by atoms with Gasteiger partial charge in [0.2, 0.25) is 5.91 Å². The number of piperazine rings is 1. The number of carbonyl (C=O) groups excluding carboxylic acids is 2. The Labute approximate surface area is 200 Å². The predicted octanol–water partition coefficient (Wildman–Crippen LogP) is 4.18.